The molecule has 0 radical (unpaired) electrons. The number of halogens is 3. The number of anilines is 1. The Bertz CT molecular complexity index is 1160. The summed E-state index contributed by atoms with van der Waals surface area (Å²) in [6.07, 6.45) is -4.88. The molecule has 0 fully saturated rings. The molecule has 4 rings (SSSR count). The highest BCUT2D eigenvalue weighted by Gasteiger charge is 2.33. The van der Waals surface area contributed by atoms with Crippen LogP contribution < -0.4 is 5.73 Å². The van der Waals surface area contributed by atoms with Gasteiger partial charge in [0.1, 0.15) is 4.83 Å². The summed E-state index contributed by atoms with van der Waals surface area (Å²) >= 11 is 2.66. The molecule has 4 aromatic rings. The summed E-state index contributed by atoms with van der Waals surface area (Å²) in [7, 11) is 0. The van der Waals surface area contributed by atoms with Gasteiger partial charge in [0.2, 0.25) is 0 Å². The Kier molecular flexibility index (Phi) is 4.68. The number of hydrogen-bond donors (Lipinski definition) is 1. The quantitative estimate of drug-likeness (QED) is 0.411. The topological polar surface area (TPSA) is 56.0 Å². The summed E-state index contributed by atoms with van der Waals surface area (Å²) in [5, 5.41) is 2.58. The van der Waals surface area contributed by atoms with Crippen LogP contribution in [0.15, 0.2) is 53.9 Å². The second-order valence-electron chi connectivity index (χ2n) is 6.13. The maximum atomic E-state index is 13.2. The lowest BCUT2D eigenvalue weighted by Crippen LogP contribution is -2.12. The van der Waals surface area contributed by atoms with Gasteiger partial charge in [-0.15, -0.1) is 22.7 Å². The molecule has 1 aromatic carbocycles. The molecule has 28 heavy (non-hydrogen) atoms. The van der Waals surface area contributed by atoms with Crippen molar-refractivity contribution in [1.29, 1.82) is 0 Å². The van der Waals surface area contributed by atoms with Gasteiger partial charge in [-0.05, 0) is 35.2 Å². The third-order valence-electron chi connectivity index (χ3n) is 4.29. The summed E-state index contributed by atoms with van der Waals surface area (Å²) in [5.74, 6) is -0.449. The van der Waals surface area contributed by atoms with Gasteiger partial charge >= 0.3 is 6.18 Å². The van der Waals surface area contributed by atoms with Crippen molar-refractivity contribution in [2.24, 2.45) is 0 Å². The molecule has 142 valence electrons. The molecule has 0 bridgehead atoms. The van der Waals surface area contributed by atoms with Crippen LogP contribution in [-0.2, 0) is 12.6 Å². The van der Waals surface area contributed by atoms with E-state index in [0.29, 0.717) is 10.2 Å². The minimum Gasteiger partial charge on any atom is -0.397 e. The number of nitrogens with two attached hydrogens (primary N) is 1. The van der Waals surface area contributed by atoms with Gasteiger partial charge in [-0.1, -0.05) is 24.3 Å². The van der Waals surface area contributed by atoms with Crippen molar-refractivity contribution >= 4 is 44.4 Å². The van der Waals surface area contributed by atoms with Crippen LogP contribution in [0.25, 0.3) is 20.8 Å². The lowest BCUT2D eigenvalue weighted by molar-refractivity contribution is -0.138. The van der Waals surface area contributed by atoms with E-state index in [0.717, 1.165) is 28.0 Å². The van der Waals surface area contributed by atoms with Crippen molar-refractivity contribution in [3.8, 4) is 10.6 Å². The number of alkyl halides is 3. The molecule has 2 N–H and O–H groups in total. The van der Waals surface area contributed by atoms with Crippen LogP contribution in [0.5, 0.6) is 0 Å². The zero-order valence-electron chi connectivity index (χ0n) is 14.3. The van der Waals surface area contributed by atoms with Crippen molar-refractivity contribution < 1.29 is 18.0 Å². The molecule has 3 nitrogen and oxygen atoms in total. The Morgan fingerprint density at radius 1 is 1.07 bits per heavy atom. The number of thiophene rings is 2. The van der Waals surface area contributed by atoms with Crippen LogP contribution in [0.1, 0.15) is 20.8 Å². The number of rotatable bonds is 4. The molecular weight excluding hydrogens is 405 g/mol. The first-order chi connectivity index (χ1) is 13.3. The molecule has 0 atom stereocenters. The number of hydrogen-bond acceptors (Lipinski definition) is 5. The standard InChI is InChI=1S/C20H13F3N2OS2/c21-20(22,23)13-5-2-1-4-11(13)10-15(26)18-17(24)12-7-8-14(25-19(12)28-18)16-6-3-9-27-16/h1-9H,10,24H2. The molecule has 3 aromatic heterocycles. The SMILES string of the molecule is Nc1c(C(=O)Cc2ccccc2C(F)(F)F)sc2nc(-c3cccs3)ccc12. The Morgan fingerprint density at radius 2 is 1.86 bits per heavy atom. The minimum atomic E-state index is -4.51. The highest BCUT2D eigenvalue weighted by atomic mass is 32.1. The molecular formula is C20H13F3N2OS2. The van der Waals surface area contributed by atoms with E-state index in [4.69, 9.17) is 5.73 Å². The van der Waals surface area contributed by atoms with Crippen molar-refractivity contribution in [3.63, 3.8) is 0 Å². The molecule has 0 aliphatic rings. The zero-order chi connectivity index (χ0) is 19.9. The molecule has 0 saturated carbocycles. The van der Waals surface area contributed by atoms with E-state index >= 15 is 0 Å². The second-order valence-corrected chi connectivity index (χ2v) is 8.07. The summed E-state index contributed by atoms with van der Waals surface area (Å²) in [4.78, 5) is 19.1. The van der Waals surface area contributed by atoms with Gasteiger partial charge in [-0.25, -0.2) is 4.98 Å². The fourth-order valence-electron chi connectivity index (χ4n) is 2.97. The van der Waals surface area contributed by atoms with Crippen molar-refractivity contribution in [2.45, 2.75) is 12.6 Å². The number of pyridine rings is 1. The van der Waals surface area contributed by atoms with Crippen LogP contribution in [0.4, 0.5) is 18.9 Å². The monoisotopic (exact) mass is 418 g/mol. The number of nitrogens with zero attached hydrogens (tertiary/aromatic N) is 1. The van der Waals surface area contributed by atoms with E-state index in [9.17, 15) is 18.0 Å². The molecule has 0 saturated heterocycles. The summed E-state index contributed by atoms with van der Waals surface area (Å²) in [5.41, 5.74) is 6.28. The van der Waals surface area contributed by atoms with Crippen LogP contribution in [0.3, 0.4) is 0 Å². The largest absolute Gasteiger partial charge is 0.416 e. The van der Waals surface area contributed by atoms with Gasteiger partial charge in [0.25, 0.3) is 0 Å². The summed E-state index contributed by atoms with van der Waals surface area (Å²) in [6.45, 7) is 0. The van der Waals surface area contributed by atoms with Gasteiger partial charge < -0.3 is 5.73 Å². The van der Waals surface area contributed by atoms with E-state index in [-0.39, 0.29) is 22.5 Å². The highest BCUT2D eigenvalue weighted by Crippen LogP contribution is 2.37. The number of aromatic nitrogens is 1. The van der Waals surface area contributed by atoms with Crippen molar-refractivity contribution in [3.05, 3.63) is 69.9 Å². The Labute approximate surface area is 166 Å². The molecule has 0 amide bonds. The van der Waals surface area contributed by atoms with Gasteiger partial charge in [0, 0.05) is 11.8 Å². The zero-order valence-corrected chi connectivity index (χ0v) is 15.9. The predicted molar refractivity (Wildman–Crippen MR) is 107 cm³/mol. The Balaban J connectivity index is 1.70. The number of ketones is 1. The van der Waals surface area contributed by atoms with E-state index in [1.54, 1.807) is 17.4 Å². The number of carbonyl (C=O) groups excluding carboxylic acids is 1. The number of benzene rings is 1. The molecule has 0 aliphatic carbocycles. The highest BCUT2D eigenvalue weighted by molar-refractivity contribution is 7.21. The lowest BCUT2D eigenvalue weighted by atomic mass is 10.0. The smallest absolute Gasteiger partial charge is 0.397 e. The Hall–Kier alpha value is -2.71. The summed E-state index contributed by atoms with van der Waals surface area (Å²) < 4.78 is 39.6. The third-order valence-corrected chi connectivity index (χ3v) is 6.34. The van der Waals surface area contributed by atoms with Crippen LogP contribution >= 0.6 is 22.7 Å². The first-order valence-electron chi connectivity index (χ1n) is 8.26. The van der Waals surface area contributed by atoms with Gasteiger partial charge in [-0.2, -0.15) is 13.2 Å². The Morgan fingerprint density at radius 3 is 2.57 bits per heavy atom. The van der Waals surface area contributed by atoms with Gasteiger partial charge in [-0.3, -0.25) is 4.79 Å². The first-order valence-corrected chi connectivity index (χ1v) is 9.95. The summed E-state index contributed by atoms with van der Waals surface area (Å²) in [6, 6.07) is 12.6. The first kappa shape index (κ1) is 18.6. The minimum absolute atomic E-state index is 0.0657. The lowest BCUT2D eigenvalue weighted by Gasteiger charge is -2.11. The molecule has 0 aliphatic heterocycles. The average molecular weight is 418 g/mol. The number of carbonyl (C=O) groups is 1. The molecule has 0 unspecified atom stereocenters. The number of nitrogen functional groups attached to an aromatic ring is 1. The third kappa shape index (κ3) is 3.41. The normalized spacial score (nSPS) is 11.8. The second kappa shape index (κ2) is 7.03. The van der Waals surface area contributed by atoms with Crippen LogP contribution in [0.2, 0.25) is 0 Å². The van der Waals surface area contributed by atoms with Gasteiger partial charge in [0.15, 0.2) is 5.78 Å². The van der Waals surface area contributed by atoms with E-state index < -0.39 is 17.5 Å². The van der Waals surface area contributed by atoms with Crippen LogP contribution in [-0.4, -0.2) is 10.8 Å². The molecule has 8 heteroatoms. The van der Waals surface area contributed by atoms with Gasteiger partial charge in [0.05, 0.1) is 26.7 Å². The molecule has 3 heterocycles. The molecule has 0 spiro atoms. The maximum Gasteiger partial charge on any atom is 0.416 e. The van der Waals surface area contributed by atoms with Crippen LogP contribution in [0, 0.1) is 0 Å². The van der Waals surface area contributed by atoms with Crippen molar-refractivity contribution in [2.75, 3.05) is 5.73 Å². The van der Waals surface area contributed by atoms with E-state index in [1.165, 1.54) is 18.2 Å². The van der Waals surface area contributed by atoms with E-state index in [1.807, 2.05) is 23.6 Å². The average Bonchev–Trinajstić information content (AvgIpc) is 3.29. The number of Topliss-reactive ketones (excluding diaryl/α,β-unsaturated/α-hetero) is 1. The maximum absolute atomic E-state index is 13.2. The fourth-order valence-corrected chi connectivity index (χ4v) is 4.70. The predicted octanol–water partition coefficient (Wildman–Crippen LogP) is 6.05. The number of fused-ring (bicyclic) bond motifs is 1. The van der Waals surface area contributed by atoms with E-state index in [2.05, 4.69) is 4.98 Å². The fraction of sp³-hybridized carbons (Fsp3) is 0.100. The van der Waals surface area contributed by atoms with Crippen molar-refractivity contribution in [1.82, 2.24) is 4.98 Å².